The fourth-order valence-corrected chi connectivity index (χ4v) is 2.68. The zero-order valence-electron chi connectivity index (χ0n) is 15.6. The molecule has 3 rings (SSSR count). The van der Waals surface area contributed by atoms with E-state index in [1.807, 2.05) is 66.7 Å². The number of nitrogens with one attached hydrogen (secondary N) is 2. The van der Waals surface area contributed by atoms with Gasteiger partial charge in [0.1, 0.15) is 23.9 Å². The zero-order chi connectivity index (χ0) is 18.9. The molecule has 5 heteroatoms. The number of benzene rings is 3. The first-order valence-electron chi connectivity index (χ1n) is 8.75. The molecule has 0 spiro atoms. The summed E-state index contributed by atoms with van der Waals surface area (Å²) in [7, 11) is 3.31. The van der Waals surface area contributed by atoms with Crippen molar-refractivity contribution < 1.29 is 14.2 Å². The summed E-state index contributed by atoms with van der Waals surface area (Å²) in [4.78, 5) is 0. The third-order valence-electron chi connectivity index (χ3n) is 4.08. The first-order chi connectivity index (χ1) is 13.3. The van der Waals surface area contributed by atoms with Crippen LogP contribution in [0.3, 0.4) is 0 Å². The molecule has 0 atom stereocenters. The predicted molar refractivity (Wildman–Crippen MR) is 107 cm³/mol. The van der Waals surface area contributed by atoms with Crippen LogP contribution < -0.4 is 25.1 Å². The predicted octanol–water partition coefficient (Wildman–Crippen LogP) is 4.40. The van der Waals surface area contributed by atoms with E-state index in [1.165, 1.54) is 0 Å². The largest absolute Gasteiger partial charge is 0.497 e. The van der Waals surface area contributed by atoms with Crippen molar-refractivity contribution in [2.75, 3.05) is 19.6 Å². The molecule has 0 aromatic heterocycles. The van der Waals surface area contributed by atoms with Crippen LogP contribution in [0.5, 0.6) is 17.2 Å². The summed E-state index contributed by atoms with van der Waals surface area (Å²) >= 11 is 0. The van der Waals surface area contributed by atoms with E-state index in [2.05, 4.69) is 16.9 Å². The third-order valence-corrected chi connectivity index (χ3v) is 4.08. The van der Waals surface area contributed by atoms with Gasteiger partial charge in [0.25, 0.3) is 0 Å². The second-order valence-electron chi connectivity index (χ2n) is 5.96. The van der Waals surface area contributed by atoms with Crippen LogP contribution in [-0.2, 0) is 13.2 Å². The lowest BCUT2D eigenvalue weighted by Crippen LogP contribution is -2.20. The van der Waals surface area contributed by atoms with Crippen LogP contribution in [-0.4, -0.2) is 14.2 Å². The average molecular weight is 364 g/mol. The van der Waals surface area contributed by atoms with Crippen molar-refractivity contribution in [2.24, 2.45) is 0 Å². The molecule has 0 saturated carbocycles. The highest BCUT2D eigenvalue weighted by Crippen LogP contribution is 2.24. The van der Waals surface area contributed by atoms with Crippen molar-refractivity contribution in [1.29, 1.82) is 0 Å². The Morgan fingerprint density at radius 2 is 1.59 bits per heavy atom. The molecule has 0 bridgehead atoms. The molecule has 140 valence electrons. The lowest BCUT2D eigenvalue weighted by Gasteiger charge is -2.14. The van der Waals surface area contributed by atoms with E-state index in [4.69, 9.17) is 14.2 Å². The van der Waals surface area contributed by atoms with Gasteiger partial charge in [-0.1, -0.05) is 30.3 Å². The quantitative estimate of drug-likeness (QED) is 0.551. The number of ether oxygens (including phenoxy) is 3. The Kier molecular flexibility index (Phi) is 6.55. The highest BCUT2D eigenvalue weighted by molar-refractivity contribution is 5.42. The Morgan fingerprint density at radius 1 is 0.778 bits per heavy atom. The molecule has 2 N–H and O–H groups in total. The summed E-state index contributed by atoms with van der Waals surface area (Å²) in [5, 5.41) is 0. The van der Waals surface area contributed by atoms with Gasteiger partial charge in [-0.25, -0.2) is 5.43 Å². The van der Waals surface area contributed by atoms with Crippen molar-refractivity contribution in [3.63, 3.8) is 0 Å². The van der Waals surface area contributed by atoms with E-state index < -0.39 is 0 Å². The average Bonchev–Trinajstić information content (AvgIpc) is 2.73. The topological polar surface area (TPSA) is 51.8 Å². The first kappa shape index (κ1) is 18.6. The minimum Gasteiger partial charge on any atom is -0.497 e. The Labute approximate surface area is 159 Å². The minimum atomic E-state index is 0.413. The standard InChI is InChI=1S/C22H24N2O3/c1-25-20-9-6-10-21(14-20)27-16-18-13-17(11-12-22(18)26-2)15-23-24-19-7-4-3-5-8-19/h3-14,23-24H,15-16H2,1-2H3. The molecule has 3 aromatic rings. The van der Waals surface area contributed by atoms with Crippen molar-refractivity contribution >= 4 is 5.69 Å². The summed E-state index contributed by atoms with van der Waals surface area (Å²) in [6, 6.07) is 23.6. The lowest BCUT2D eigenvalue weighted by molar-refractivity contribution is 0.294. The molecule has 0 fully saturated rings. The summed E-state index contributed by atoms with van der Waals surface area (Å²) in [6.45, 7) is 1.08. The summed E-state index contributed by atoms with van der Waals surface area (Å²) in [6.07, 6.45) is 0. The van der Waals surface area contributed by atoms with Crippen molar-refractivity contribution in [2.45, 2.75) is 13.2 Å². The number of hydrogen-bond donors (Lipinski definition) is 2. The van der Waals surface area contributed by atoms with E-state index in [-0.39, 0.29) is 0 Å². The van der Waals surface area contributed by atoms with Crippen molar-refractivity contribution in [3.05, 3.63) is 83.9 Å². The summed E-state index contributed by atoms with van der Waals surface area (Å²) in [5.41, 5.74) is 9.54. The van der Waals surface area contributed by atoms with E-state index in [9.17, 15) is 0 Å². The zero-order valence-corrected chi connectivity index (χ0v) is 15.6. The number of hydrogen-bond acceptors (Lipinski definition) is 5. The van der Waals surface area contributed by atoms with Crippen LogP contribution in [0.1, 0.15) is 11.1 Å². The molecule has 0 heterocycles. The second kappa shape index (κ2) is 9.50. The molecular formula is C22H24N2O3. The van der Waals surface area contributed by atoms with Crippen molar-refractivity contribution in [3.8, 4) is 17.2 Å². The summed E-state index contributed by atoms with van der Waals surface area (Å²) in [5.74, 6) is 2.33. The Morgan fingerprint density at radius 3 is 2.37 bits per heavy atom. The molecule has 0 aliphatic heterocycles. The highest BCUT2D eigenvalue weighted by atomic mass is 16.5. The normalized spacial score (nSPS) is 10.3. The number of hydrazine groups is 1. The maximum Gasteiger partial charge on any atom is 0.125 e. The van der Waals surface area contributed by atoms with Gasteiger partial charge < -0.3 is 19.6 Å². The Bertz CT molecular complexity index is 853. The van der Waals surface area contributed by atoms with Crippen LogP contribution in [0.15, 0.2) is 72.8 Å². The molecule has 5 nitrogen and oxygen atoms in total. The van der Waals surface area contributed by atoms with Gasteiger partial charge in [0.2, 0.25) is 0 Å². The molecule has 0 aliphatic rings. The van der Waals surface area contributed by atoms with Gasteiger partial charge >= 0.3 is 0 Å². The van der Waals surface area contributed by atoms with Gasteiger partial charge in [0, 0.05) is 23.9 Å². The van der Waals surface area contributed by atoms with Gasteiger partial charge in [-0.15, -0.1) is 0 Å². The Hall–Kier alpha value is -3.18. The van der Waals surface area contributed by atoms with Gasteiger partial charge in [0.05, 0.1) is 14.2 Å². The summed E-state index contributed by atoms with van der Waals surface area (Å²) < 4.78 is 16.6. The van der Waals surface area contributed by atoms with E-state index >= 15 is 0 Å². The van der Waals surface area contributed by atoms with E-state index in [0.29, 0.717) is 13.2 Å². The molecule has 0 saturated heterocycles. The molecule has 27 heavy (non-hydrogen) atoms. The first-order valence-corrected chi connectivity index (χ1v) is 8.75. The number of rotatable bonds is 9. The monoisotopic (exact) mass is 364 g/mol. The number of methoxy groups -OCH3 is 2. The molecule has 0 amide bonds. The van der Waals surface area contributed by atoms with E-state index in [0.717, 1.165) is 34.1 Å². The molecule has 0 aliphatic carbocycles. The maximum absolute atomic E-state index is 5.91. The molecule has 0 unspecified atom stereocenters. The van der Waals surface area contributed by atoms with Crippen LogP contribution in [0.25, 0.3) is 0 Å². The number of para-hydroxylation sites is 1. The fraction of sp³-hybridized carbons (Fsp3) is 0.182. The van der Waals surface area contributed by atoms with Crippen LogP contribution in [0.2, 0.25) is 0 Å². The van der Waals surface area contributed by atoms with E-state index in [1.54, 1.807) is 14.2 Å². The molecule has 3 aromatic carbocycles. The molecule has 0 radical (unpaired) electrons. The van der Waals surface area contributed by atoms with Gasteiger partial charge in [0.15, 0.2) is 0 Å². The minimum absolute atomic E-state index is 0.413. The second-order valence-corrected chi connectivity index (χ2v) is 5.96. The van der Waals surface area contributed by atoms with Crippen molar-refractivity contribution in [1.82, 2.24) is 5.43 Å². The maximum atomic E-state index is 5.91. The smallest absolute Gasteiger partial charge is 0.125 e. The van der Waals surface area contributed by atoms with Crippen LogP contribution in [0.4, 0.5) is 5.69 Å². The lowest BCUT2D eigenvalue weighted by atomic mass is 10.1. The Balaban J connectivity index is 1.62. The molecular weight excluding hydrogens is 340 g/mol. The number of anilines is 1. The SMILES string of the molecule is COc1cccc(OCc2cc(CNNc3ccccc3)ccc2OC)c1. The van der Waals surface area contributed by atoms with Crippen LogP contribution in [0, 0.1) is 0 Å². The highest BCUT2D eigenvalue weighted by Gasteiger charge is 2.06. The third kappa shape index (κ3) is 5.39. The van der Waals surface area contributed by atoms with Gasteiger partial charge in [-0.2, -0.15) is 0 Å². The van der Waals surface area contributed by atoms with Gasteiger partial charge in [-0.05, 0) is 42.0 Å². The fourth-order valence-electron chi connectivity index (χ4n) is 2.68. The van der Waals surface area contributed by atoms with Gasteiger partial charge in [-0.3, -0.25) is 0 Å². The van der Waals surface area contributed by atoms with Crippen LogP contribution >= 0.6 is 0 Å².